The van der Waals surface area contributed by atoms with Crippen LogP contribution >= 0.6 is 15.9 Å². The van der Waals surface area contributed by atoms with E-state index >= 15 is 0 Å². The number of aromatic nitrogens is 1. The number of hydrogen-bond donors (Lipinski definition) is 1. The van der Waals surface area contributed by atoms with Gasteiger partial charge in [0.15, 0.2) is 0 Å². The molecule has 5 heteroatoms. The van der Waals surface area contributed by atoms with Gasteiger partial charge in [-0.15, -0.1) is 0 Å². The Hall–Kier alpha value is -1.62. The standard InChI is InChI=1S/C12H12BrN3O/c1-16(7-11(14)17)12-5-2-8-6-9(13)3-4-10(8)15-12/h2-6H,7H2,1H3,(H2,14,17). The van der Waals surface area contributed by atoms with Crippen molar-refractivity contribution in [1.29, 1.82) is 0 Å². The largest absolute Gasteiger partial charge is 0.368 e. The Bertz CT molecular complexity index is 571. The van der Waals surface area contributed by atoms with E-state index in [2.05, 4.69) is 20.9 Å². The van der Waals surface area contributed by atoms with Crippen molar-refractivity contribution in [3.05, 3.63) is 34.8 Å². The molecule has 1 aromatic carbocycles. The van der Waals surface area contributed by atoms with E-state index in [0.29, 0.717) is 0 Å². The van der Waals surface area contributed by atoms with Gasteiger partial charge in [-0.25, -0.2) is 4.98 Å². The highest BCUT2D eigenvalue weighted by Gasteiger charge is 2.06. The van der Waals surface area contributed by atoms with Gasteiger partial charge in [0, 0.05) is 16.9 Å². The molecule has 2 aromatic rings. The summed E-state index contributed by atoms with van der Waals surface area (Å²) in [5, 5.41) is 1.05. The van der Waals surface area contributed by atoms with Crippen molar-refractivity contribution in [3.63, 3.8) is 0 Å². The van der Waals surface area contributed by atoms with Gasteiger partial charge in [-0.2, -0.15) is 0 Å². The summed E-state index contributed by atoms with van der Waals surface area (Å²) < 4.78 is 1.02. The molecule has 0 saturated carbocycles. The molecule has 0 aliphatic heterocycles. The Kier molecular flexibility index (Phi) is 3.28. The molecule has 0 saturated heterocycles. The number of primary amides is 1. The molecular formula is C12H12BrN3O. The van der Waals surface area contributed by atoms with Crippen LogP contribution in [0.2, 0.25) is 0 Å². The van der Waals surface area contributed by atoms with E-state index in [-0.39, 0.29) is 12.5 Å². The first-order valence-electron chi connectivity index (χ1n) is 5.12. The molecule has 17 heavy (non-hydrogen) atoms. The van der Waals surface area contributed by atoms with E-state index in [4.69, 9.17) is 5.73 Å². The van der Waals surface area contributed by atoms with Crippen LogP contribution in [0.4, 0.5) is 5.82 Å². The third-order valence-corrected chi connectivity index (χ3v) is 2.91. The number of pyridine rings is 1. The lowest BCUT2D eigenvalue weighted by Gasteiger charge is -2.16. The maximum atomic E-state index is 10.8. The van der Waals surface area contributed by atoms with Crippen LogP contribution in [0.3, 0.4) is 0 Å². The normalized spacial score (nSPS) is 10.5. The fourth-order valence-corrected chi connectivity index (χ4v) is 1.99. The fourth-order valence-electron chi connectivity index (χ4n) is 1.61. The quantitative estimate of drug-likeness (QED) is 0.941. The third-order valence-electron chi connectivity index (χ3n) is 2.42. The van der Waals surface area contributed by atoms with Gasteiger partial charge < -0.3 is 10.6 Å². The van der Waals surface area contributed by atoms with Gasteiger partial charge in [-0.1, -0.05) is 15.9 Å². The van der Waals surface area contributed by atoms with Crippen molar-refractivity contribution >= 4 is 38.6 Å². The van der Waals surface area contributed by atoms with Gasteiger partial charge in [0.25, 0.3) is 0 Å². The second-order valence-corrected chi connectivity index (χ2v) is 4.74. The Morgan fingerprint density at radius 2 is 2.18 bits per heavy atom. The summed E-state index contributed by atoms with van der Waals surface area (Å²) >= 11 is 3.41. The monoisotopic (exact) mass is 293 g/mol. The number of rotatable bonds is 3. The lowest BCUT2D eigenvalue weighted by Crippen LogP contribution is -2.30. The third kappa shape index (κ3) is 2.74. The summed E-state index contributed by atoms with van der Waals surface area (Å²) in [5.41, 5.74) is 6.04. The summed E-state index contributed by atoms with van der Waals surface area (Å²) in [6.45, 7) is 0.162. The van der Waals surface area contributed by atoms with Crippen LogP contribution in [0.5, 0.6) is 0 Å². The van der Waals surface area contributed by atoms with Crippen molar-refractivity contribution < 1.29 is 4.79 Å². The van der Waals surface area contributed by atoms with Crippen molar-refractivity contribution in [2.24, 2.45) is 5.73 Å². The second kappa shape index (κ2) is 4.71. The Morgan fingerprint density at radius 1 is 1.41 bits per heavy atom. The minimum Gasteiger partial charge on any atom is -0.368 e. The maximum Gasteiger partial charge on any atom is 0.236 e. The molecule has 0 aliphatic carbocycles. The number of benzene rings is 1. The molecule has 2 N–H and O–H groups in total. The van der Waals surface area contributed by atoms with E-state index in [1.165, 1.54) is 0 Å². The molecule has 0 aliphatic rings. The first-order chi connectivity index (χ1) is 8.06. The highest BCUT2D eigenvalue weighted by Crippen LogP contribution is 2.21. The Balaban J connectivity index is 2.37. The van der Waals surface area contributed by atoms with Crippen LogP contribution in [-0.4, -0.2) is 24.5 Å². The first-order valence-corrected chi connectivity index (χ1v) is 5.91. The van der Waals surface area contributed by atoms with Gasteiger partial charge in [0.05, 0.1) is 12.1 Å². The van der Waals surface area contributed by atoms with Crippen LogP contribution < -0.4 is 10.6 Å². The van der Waals surface area contributed by atoms with E-state index < -0.39 is 0 Å². The molecule has 4 nitrogen and oxygen atoms in total. The van der Waals surface area contributed by atoms with Gasteiger partial charge >= 0.3 is 0 Å². The maximum absolute atomic E-state index is 10.8. The number of nitrogens with zero attached hydrogens (tertiary/aromatic N) is 2. The number of anilines is 1. The minimum atomic E-state index is -0.370. The van der Waals surface area contributed by atoms with Crippen LogP contribution in [0.25, 0.3) is 10.9 Å². The smallest absolute Gasteiger partial charge is 0.236 e. The Morgan fingerprint density at radius 3 is 2.88 bits per heavy atom. The summed E-state index contributed by atoms with van der Waals surface area (Å²) in [6, 6.07) is 9.71. The van der Waals surface area contributed by atoms with Gasteiger partial charge in [0.1, 0.15) is 5.82 Å². The molecule has 1 heterocycles. The zero-order chi connectivity index (χ0) is 12.4. The fraction of sp³-hybridized carbons (Fsp3) is 0.167. The van der Waals surface area contributed by atoms with Crippen LogP contribution in [-0.2, 0) is 4.79 Å². The van der Waals surface area contributed by atoms with Crippen molar-refractivity contribution in [2.75, 3.05) is 18.5 Å². The number of carbonyl (C=O) groups is 1. The predicted molar refractivity (Wildman–Crippen MR) is 71.9 cm³/mol. The molecule has 88 valence electrons. The molecule has 2 rings (SSSR count). The molecule has 0 radical (unpaired) electrons. The lowest BCUT2D eigenvalue weighted by atomic mass is 10.2. The summed E-state index contributed by atoms with van der Waals surface area (Å²) in [4.78, 5) is 17.0. The lowest BCUT2D eigenvalue weighted by molar-refractivity contribution is -0.116. The summed E-state index contributed by atoms with van der Waals surface area (Å²) in [5.74, 6) is 0.365. The summed E-state index contributed by atoms with van der Waals surface area (Å²) in [7, 11) is 1.79. The van der Waals surface area contributed by atoms with E-state index in [1.807, 2.05) is 30.3 Å². The van der Waals surface area contributed by atoms with Crippen LogP contribution in [0.1, 0.15) is 0 Å². The van der Waals surface area contributed by atoms with Gasteiger partial charge in [-0.05, 0) is 30.3 Å². The molecule has 0 bridgehead atoms. The number of carbonyl (C=O) groups excluding carboxylic acids is 1. The molecule has 0 unspecified atom stereocenters. The molecule has 1 amide bonds. The van der Waals surface area contributed by atoms with E-state index in [1.54, 1.807) is 11.9 Å². The van der Waals surface area contributed by atoms with Crippen molar-refractivity contribution in [1.82, 2.24) is 4.98 Å². The zero-order valence-corrected chi connectivity index (χ0v) is 10.9. The number of nitrogens with two attached hydrogens (primary N) is 1. The predicted octanol–water partition coefficient (Wildman–Crippen LogP) is 1.92. The number of amides is 1. The van der Waals surface area contributed by atoms with E-state index in [9.17, 15) is 4.79 Å². The van der Waals surface area contributed by atoms with E-state index in [0.717, 1.165) is 21.2 Å². The topological polar surface area (TPSA) is 59.2 Å². The van der Waals surface area contributed by atoms with Crippen molar-refractivity contribution in [3.8, 4) is 0 Å². The zero-order valence-electron chi connectivity index (χ0n) is 9.35. The molecule has 0 atom stereocenters. The SMILES string of the molecule is CN(CC(N)=O)c1ccc2cc(Br)ccc2n1. The highest BCUT2D eigenvalue weighted by atomic mass is 79.9. The molecule has 0 fully saturated rings. The van der Waals surface area contributed by atoms with Crippen molar-refractivity contribution in [2.45, 2.75) is 0 Å². The number of fused-ring (bicyclic) bond motifs is 1. The Labute approximate surface area is 108 Å². The van der Waals surface area contributed by atoms with Crippen LogP contribution in [0, 0.1) is 0 Å². The second-order valence-electron chi connectivity index (χ2n) is 3.83. The van der Waals surface area contributed by atoms with Gasteiger partial charge in [-0.3, -0.25) is 4.79 Å². The van der Waals surface area contributed by atoms with Crippen LogP contribution in [0.15, 0.2) is 34.8 Å². The van der Waals surface area contributed by atoms with Gasteiger partial charge in [0.2, 0.25) is 5.91 Å². The first kappa shape index (κ1) is 11.9. The summed E-state index contributed by atoms with van der Waals surface area (Å²) in [6.07, 6.45) is 0. The number of likely N-dealkylation sites (N-methyl/N-ethyl adjacent to an activating group) is 1. The minimum absolute atomic E-state index is 0.162. The average molecular weight is 294 g/mol. The molecule has 1 aromatic heterocycles. The number of hydrogen-bond acceptors (Lipinski definition) is 3. The highest BCUT2D eigenvalue weighted by molar-refractivity contribution is 9.10. The number of halogens is 1. The molecular weight excluding hydrogens is 282 g/mol. The average Bonchev–Trinajstić information content (AvgIpc) is 2.27. The molecule has 0 spiro atoms.